The number of para-hydroxylation sites is 1. The first-order valence-electron chi connectivity index (χ1n) is 8.77. The molecule has 1 aromatic carbocycles. The van der Waals surface area contributed by atoms with Gasteiger partial charge in [-0.2, -0.15) is 0 Å². The molecule has 7 nitrogen and oxygen atoms in total. The highest BCUT2D eigenvalue weighted by molar-refractivity contribution is 7.12. The highest BCUT2D eigenvalue weighted by Crippen LogP contribution is 2.22. The van der Waals surface area contributed by atoms with Gasteiger partial charge in [-0.05, 0) is 32.0 Å². The van der Waals surface area contributed by atoms with Gasteiger partial charge in [-0.1, -0.05) is 18.2 Å². The predicted molar refractivity (Wildman–Crippen MR) is 108 cm³/mol. The number of carbonyl (C=O) groups excluding carboxylic acids is 2. The Bertz CT molecular complexity index is 1280. The molecule has 0 saturated carbocycles. The lowest BCUT2D eigenvalue weighted by Crippen LogP contribution is -2.20. The summed E-state index contributed by atoms with van der Waals surface area (Å²) in [7, 11) is 0. The molecule has 29 heavy (non-hydrogen) atoms. The Balaban J connectivity index is 1.53. The number of rotatable bonds is 5. The number of benzene rings is 1. The Kier molecular flexibility index (Phi) is 4.85. The molecule has 0 aliphatic heterocycles. The molecule has 4 aromatic rings. The van der Waals surface area contributed by atoms with Crippen molar-refractivity contribution in [3.05, 3.63) is 80.9 Å². The SMILES string of the molecule is Cc1cc(C(=O)COC(=O)c2cc3ccccc3oc2=O)c(C)n1-c1nccs1. The molecule has 0 radical (unpaired) electrons. The van der Waals surface area contributed by atoms with Crippen LogP contribution in [0.5, 0.6) is 0 Å². The number of hydrogen-bond donors (Lipinski definition) is 0. The second kappa shape index (κ2) is 7.48. The number of esters is 1. The summed E-state index contributed by atoms with van der Waals surface area (Å²) in [6.45, 7) is 3.20. The van der Waals surface area contributed by atoms with Gasteiger partial charge < -0.3 is 9.15 Å². The molecule has 146 valence electrons. The third-order valence-electron chi connectivity index (χ3n) is 4.54. The minimum absolute atomic E-state index is 0.246. The van der Waals surface area contributed by atoms with E-state index in [9.17, 15) is 14.4 Å². The number of ether oxygens (including phenoxy) is 1. The quantitative estimate of drug-likeness (QED) is 0.284. The molecule has 0 unspecified atom stereocenters. The highest BCUT2D eigenvalue weighted by atomic mass is 32.1. The lowest BCUT2D eigenvalue weighted by molar-refractivity contribution is 0.0470. The lowest BCUT2D eigenvalue weighted by Gasteiger charge is -2.06. The number of fused-ring (bicyclic) bond motifs is 1. The fourth-order valence-electron chi connectivity index (χ4n) is 3.16. The van der Waals surface area contributed by atoms with Crippen LogP contribution in [-0.2, 0) is 4.74 Å². The fourth-order valence-corrected chi connectivity index (χ4v) is 3.91. The van der Waals surface area contributed by atoms with Gasteiger partial charge in [0, 0.05) is 33.9 Å². The third-order valence-corrected chi connectivity index (χ3v) is 5.29. The normalized spacial score (nSPS) is 11.0. The summed E-state index contributed by atoms with van der Waals surface area (Å²) in [5, 5.41) is 3.20. The molecule has 0 saturated heterocycles. The number of aryl methyl sites for hydroxylation is 1. The zero-order chi connectivity index (χ0) is 20.5. The lowest BCUT2D eigenvalue weighted by atomic mass is 10.1. The van der Waals surface area contributed by atoms with Crippen molar-refractivity contribution in [2.45, 2.75) is 13.8 Å². The summed E-state index contributed by atoms with van der Waals surface area (Å²) < 4.78 is 12.1. The van der Waals surface area contributed by atoms with Crippen LogP contribution >= 0.6 is 11.3 Å². The van der Waals surface area contributed by atoms with Gasteiger partial charge >= 0.3 is 11.6 Å². The molecule has 0 atom stereocenters. The number of Topliss-reactive ketones (excluding diaryl/α,β-unsaturated/α-hetero) is 1. The van der Waals surface area contributed by atoms with Crippen LogP contribution < -0.4 is 5.63 Å². The molecule has 8 heteroatoms. The maximum atomic E-state index is 12.6. The summed E-state index contributed by atoms with van der Waals surface area (Å²) in [6, 6.07) is 9.98. The largest absolute Gasteiger partial charge is 0.453 e. The van der Waals surface area contributed by atoms with E-state index in [0.29, 0.717) is 22.2 Å². The molecule has 0 N–H and O–H groups in total. The van der Waals surface area contributed by atoms with Gasteiger partial charge in [-0.3, -0.25) is 9.36 Å². The molecular weight excluding hydrogens is 392 g/mol. The van der Waals surface area contributed by atoms with Crippen molar-refractivity contribution in [1.29, 1.82) is 0 Å². The molecule has 0 bridgehead atoms. The highest BCUT2D eigenvalue weighted by Gasteiger charge is 2.21. The van der Waals surface area contributed by atoms with Crippen molar-refractivity contribution < 1.29 is 18.7 Å². The van der Waals surface area contributed by atoms with Crippen molar-refractivity contribution >= 4 is 34.1 Å². The zero-order valence-electron chi connectivity index (χ0n) is 15.7. The van der Waals surface area contributed by atoms with Crippen molar-refractivity contribution in [2.75, 3.05) is 6.61 Å². The van der Waals surface area contributed by atoms with Gasteiger partial charge in [0.25, 0.3) is 0 Å². The number of hydrogen-bond acceptors (Lipinski definition) is 7. The first-order chi connectivity index (χ1) is 14.0. The topological polar surface area (TPSA) is 91.4 Å². The van der Waals surface area contributed by atoms with Gasteiger partial charge in [-0.25, -0.2) is 14.6 Å². The van der Waals surface area contributed by atoms with E-state index >= 15 is 0 Å². The van der Waals surface area contributed by atoms with Crippen LogP contribution in [-0.4, -0.2) is 27.9 Å². The van der Waals surface area contributed by atoms with E-state index in [1.807, 2.05) is 16.9 Å². The van der Waals surface area contributed by atoms with Crippen LogP contribution in [0.4, 0.5) is 0 Å². The fraction of sp³-hybridized carbons (Fsp3) is 0.143. The van der Waals surface area contributed by atoms with Crippen LogP contribution in [0, 0.1) is 13.8 Å². The molecule has 0 amide bonds. The number of nitrogens with zero attached hydrogens (tertiary/aromatic N) is 2. The maximum Gasteiger partial charge on any atom is 0.351 e. The summed E-state index contributed by atoms with van der Waals surface area (Å²) in [5.74, 6) is -1.26. The van der Waals surface area contributed by atoms with Crippen LogP contribution in [0.15, 0.2) is 57.2 Å². The summed E-state index contributed by atoms with van der Waals surface area (Å²) in [4.78, 5) is 41.3. The molecule has 4 rings (SSSR count). The summed E-state index contributed by atoms with van der Waals surface area (Å²) in [6.07, 6.45) is 1.69. The Morgan fingerprint density at radius 1 is 1.17 bits per heavy atom. The Morgan fingerprint density at radius 2 is 1.97 bits per heavy atom. The molecule has 3 heterocycles. The monoisotopic (exact) mass is 408 g/mol. The van der Waals surface area contributed by atoms with E-state index in [1.165, 1.54) is 17.4 Å². The average molecular weight is 408 g/mol. The van der Waals surface area contributed by atoms with E-state index in [4.69, 9.17) is 9.15 Å². The van der Waals surface area contributed by atoms with Gasteiger partial charge in [0.05, 0.1) is 0 Å². The molecule has 0 spiro atoms. The van der Waals surface area contributed by atoms with Crippen molar-refractivity contribution in [3.63, 3.8) is 0 Å². The van der Waals surface area contributed by atoms with Crippen molar-refractivity contribution in [3.8, 4) is 5.13 Å². The minimum atomic E-state index is -0.897. The van der Waals surface area contributed by atoms with Crippen LogP contribution in [0.3, 0.4) is 0 Å². The van der Waals surface area contributed by atoms with Crippen molar-refractivity contribution in [1.82, 2.24) is 9.55 Å². The molecule has 3 aromatic heterocycles. The number of carbonyl (C=O) groups is 2. The Hall–Kier alpha value is -3.52. The summed E-state index contributed by atoms with van der Waals surface area (Å²) >= 11 is 1.46. The average Bonchev–Trinajstić information content (AvgIpc) is 3.32. The van der Waals surface area contributed by atoms with Crippen LogP contribution in [0.25, 0.3) is 16.1 Å². The Labute approximate surface area is 169 Å². The van der Waals surface area contributed by atoms with Crippen LogP contribution in [0.1, 0.15) is 32.1 Å². The van der Waals surface area contributed by atoms with Gasteiger partial charge in [0.2, 0.25) is 5.78 Å². The first-order valence-corrected chi connectivity index (χ1v) is 9.65. The second-order valence-corrected chi connectivity index (χ2v) is 7.29. The molecule has 0 aliphatic rings. The van der Waals surface area contributed by atoms with E-state index in [0.717, 1.165) is 10.8 Å². The predicted octanol–water partition coefficient (Wildman–Crippen LogP) is 3.70. The van der Waals surface area contributed by atoms with E-state index < -0.39 is 18.2 Å². The zero-order valence-corrected chi connectivity index (χ0v) is 16.5. The van der Waals surface area contributed by atoms with Crippen LogP contribution in [0.2, 0.25) is 0 Å². The van der Waals surface area contributed by atoms with Crippen molar-refractivity contribution in [2.24, 2.45) is 0 Å². The molecular formula is C21H16N2O5S. The maximum absolute atomic E-state index is 12.6. The number of thiazole rings is 1. The van der Waals surface area contributed by atoms with Gasteiger partial charge in [0.1, 0.15) is 11.1 Å². The first kappa shape index (κ1) is 18.8. The van der Waals surface area contributed by atoms with Gasteiger partial charge in [-0.15, -0.1) is 11.3 Å². The minimum Gasteiger partial charge on any atom is -0.453 e. The Morgan fingerprint density at radius 3 is 2.72 bits per heavy atom. The molecule has 0 fully saturated rings. The van der Waals surface area contributed by atoms with E-state index in [-0.39, 0.29) is 11.3 Å². The van der Waals surface area contributed by atoms with E-state index in [2.05, 4.69) is 4.98 Å². The van der Waals surface area contributed by atoms with E-state index in [1.54, 1.807) is 43.5 Å². The second-order valence-electron chi connectivity index (χ2n) is 6.42. The summed E-state index contributed by atoms with van der Waals surface area (Å²) in [5.41, 5.74) is 1.33. The standard InChI is InChI=1S/C21H16N2O5S/c1-12-9-15(13(2)23(12)21-22-7-8-29-21)17(24)11-27-19(25)16-10-14-5-3-4-6-18(14)28-20(16)26/h3-10H,11H2,1-2H3. The number of ketones is 1. The number of aromatic nitrogens is 2. The van der Waals surface area contributed by atoms with Gasteiger partial charge in [0.15, 0.2) is 11.7 Å². The smallest absolute Gasteiger partial charge is 0.351 e. The third kappa shape index (κ3) is 3.50. The molecule has 0 aliphatic carbocycles.